The minimum absolute atomic E-state index is 0.180. The monoisotopic (exact) mass is 659 g/mol. The maximum Gasteiger partial charge on any atom is 0.338 e. The van der Waals surface area contributed by atoms with E-state index in [1.165, 1.54) is 74.2 Å². The Kier molecular flexibility index (Phi) is 14.1. The first-order valence-electron chi connectivity index (χ1n) is 15.7. The van der Waals surface area contributed by atoms with E-state index < -0.39 is 34.4 Å². The summed E-state index contributed by atoms with van der Waals surface area (Å²) in [6, 6.07) is 8.06. The molecule has 0 radical (unpaired) electrons. The summed E-state index contributed by atoms with van der Waals surface area (Å²) in [6.07, 6.45) is 14.8. The van der Waals surface area contributed by atoms with Crippen molar-refractivity contribution < 1.29 is 27.5 Å². The molecule has 2 aromatic carbocycles. The highest BCUT2D eigenvalue weighted by atomic mass is 35.5. The van der Waals surface area contributed by atoms with Gasteiger partial charge < -0.3 is 14.2 Å². The zero-order valence-electron chi connectivity index (χ0n) is 27.0. The van der Waals surface area contributed by atoms with E-state index in [0.717, 1.165) is 19.3 Å². The average Bonchev–Trinajstić information content (AvgIpc) is 3.39. The highest BCUT2D eigenvalue weighted by Crippen LogP contribution is 2.31. The van der Waals surface area contributed by atoms with Crippen LogP contribution in [-0.2, 0) is 25.4 Å². The number of benzene rings is 2. The van der Waals surface area contributed by atoms with E-state index in [0.29, 0.717) is 23.3 Å². The molecule has 3 aromatic rings. The van der Waals surface area contributed by atoms with Crippen molar-refractivity contribution in [3.05, 3.63) is 53.2 Å². The zero-order valence-corrected chi connectivity index (χ0v) is 28.6. The molecule has 0 saturated carbocycles. The summed E-state index contributed by atoms with van der Waals surface area (Å²) < 4.78 is 23.6. The minimum atomic E-state index is -1.52. The quantitative estimate of drug-likeness (QED) is 0.0830. The molecule has 0 aliphatic heterocycles. The van der Waals surface area contributed by atoms with Crippen molar-refractivity contribution in [3.8, 4) is 5.75 Å². The van der Waals surface area contributed by atoms with Crippen LogP contribution in [0.4, 0.5) is 5.69 Å². The maximum atomic E-state index is 13.7. The van der Waals surface area contributed by atoms with Gasteiger partial charge in [0.25, 0.3) is 5.91 Å². The Morgan fingerprint density at radius 2 is 1.60 bits per heavy atom. The Labute approximate surface area is 274 Å². The third-order valence-corrected chi connectivity index (χ3v) is 8.21. The Hall–Kier alpha value is -3.24. The average molecular weight is 660 g/mol. The number of hydrogen-bond acceptors (Lipinski definition) is 7. The molecule has 1 N–H and O–H groups in total. The molecule has 1 aromatic heterocycles. The third-order valence-electron chi connectivity index (χ3n) is 7.45. The summed E-state index contributed by atoms with van der Waals surface area (Å²) in [5, 5.41) is 7.90. The minimum Gasteiger partial charge on any atom is -0.462 e. The van der Waals surface area contributed by atoms with Gasteiger partial charge in [0.2, 0.25) is 11.1 Å². The van der Waals surface area contributed by atoms with Gasteiger partial charge >= 0.3 is 5.97 Å². The largest absolute Gasteiger partial charge is 0.462 e. The van der Waals surface area contributed by atoms with E-state index in [4.69, 9.17) is 20.5 Å². The smallest absolute Gasteiger partial charge is 0.338 e. The maximum absolute atomic E-state index is 13.7. The van der Waals surface area contributed by atoms with Crippen LogP contribution in [0, 0.1) is 5.41 Å². The molecule has 1 amide bonds. The zero-order chi connectivity index (χ0) is 33.0. The van der Waals surface area contributed by atoms with E-state index in [9.17, 15) is 18.6 Å². The van der Waals surface area contributed by atoms with Crippen molar-refractivity contribution in [2.45, 2.75) is 97.9 Å². The van der Waals surface area contributed by atoms with Crippen LogP contribution in [0.2, 0.25) is 5.02 Å². The Morgan fingerprint density at radius 1 is 0.956 bits per heavy atom. The molecule has 0 bridgehead atoms. The molecular weight excluding hydrogens is 614 g/mol. The van der Waals surface area contributed by atoms with Crippen molar-refractivity contribution in [2.24, 2.45) is 5.41 Å². The molecule has 0 aliphatic carbocycles. The van der Waals surface area contributed by atoms with Gasteiger partial charge in [0, 0.05) is 17.1 Å². The Bertz CT molecular complexity index is 1480. The molecule has 1 heterocycles. The summed E-state index contributed by atoms with van der Waals surface area (Å²) in [4.78, 5) is 40.1. The van der Waals surface area contributed by atoms with E-state index in [1.54, 1.807) is 45.0 Å². The van der Waals surface area contributed by atoms with Crippen molar-refractivity contribution in [2.75, 3.05) is 18.2 Å². The molecular formula is C34H46ClN3O6S. The molecule has 0 spiro atoms. The summed E-state index contributed by atoms with van der Waals surface area (Å²) in [5.41, 5.74) is 0.0505. The van der Waals surface area contributed by atoms with Crippen LogP contribution >= 0.6 is 11.6 Å². The standard InChI is InChI=1S/C34H46ClN3O6S/c1-6-7-8-9-10-11-12-13-14-15-20-43-33(41)24-16-18-27(35)28(22-24)37-32(40)30(31(39)34(2,3)4)38-29-19-17-26(44-45(5)42)21-25(29)23-36-38/h16-19,21-23,30H,6-15,20H2,1-5H3,(H,37,40). The molecule has 2 atom stereocenters. The summed E-state index contributed by atoms with van der Waals surface area (Å²) in [5.74, 6) is -1.17. The van der Waals surface area contributed by atoms with Gasteiger partial charge in [0.05, 0.1) is 34.6 Å². The number of anilines is 1. The molecule has 9 nitrogen and oxygen atoms in total. The van der Waals surface area contributed by atoms with Crippen molar-refractivity contribution >= 4 is 56.9 Å². The number of nitrogens with zero attached hydrogens (tertiary/aromatic N) is 2. The van der Waals surface area contributed by atoms with Crippen molar-refractivity contribution in [1.82, 2.24) is 9.78 Å². The second kappa shape index (κ2) is 17.5. The number of Topliss-reactive ketones (excluding diaryl/α,β-unsaturated/α-hetero) is 1. The Morgan fingerprint density at radius 3 is 2.22 bits per heavy atom. The first-order chi connectivity index (χ1) is 21.4. The van der Waals surface area contributed by atoms with Gasteiger partial charge in [-0.1, -0.05) is 97.1 Å². The van der Waals surface area contributed by atoms with Gasteiger partial charge in [0.15, 0.2) is 11.8 Å². The predicted molar refractivity (Wildman–Crippen MR) is 180 cm³/mol. The number of esters is 1. The predicted octanol–water partition coefficient (Wildman–Crippen LogP) is 8.23. The van der Waals surface area contributed by atoms with Crippen LogP contribution in [0.5, 0.6) is 5.75 Å². The fourth-order valence-corrected chi connectivity index (χ4v) is 5.50. The number of ketones is 1. The number of hydrogen-bond donors (Lipinski definition) is 1. The molecule has 0 saturated heterocycles. The van der Waals surface area contributed by atoms with Gasteiger partial charge in [-0.3, -0.25) is 9.59 Å². The summed E-state index contributed by atoms with van der Waals surface area (Å²) in [6.45, 7) is 7.71. The lowest BCUT2D eigenvalue weighted by Crippen LogP contribution is -2.39. The second-order valence-electron chi connectivity index (χ2n) is 12.3. The molecule has 2 unspecified atom stereocenters. The molecule has 0 fully saturated rings. The fourth-order valence-electron chi connectivity index (χ4n) is 4.96. The number of fused-ring (bicyclic) bond motifs is 1. The number of amides is 1. The van der Waals surface area contributed by atoms with E-state index in [-0.39, 0.29) is 22.1 Å². The van der Waals surface area contributed by atoms with Crippen LogP contribution in [0.25, 0.3) is 10.9 Å². The highest BCUT2D eigenvalue weighted by Gasteiger charge is 2.38. The normalized spacial score (nSPS) is 12.9. The number of ether oxygens (including phenoxy) is 1. The lowest BCUT2D eigenvalue weighted by molar-refractivity contribution is -0.135. The van der Waals surface area contributed by atoms with E-state index >= 15 is 0 Å². The number of carbonyl (C=O) groups is 3. The van der Waals surface area contributed by atoms with Gasteiger partial charge in [-0.25, -0.2) is 13.7 Å². The third kappa shape index (κ3) is 11.0. The fraction of sp³-hybridized carbons (Fsp3) is 0.529. The van der Waals surface area contributed by atoms with Crippen LogP contribution < -0.4 is 9.50 Å². The molecule has 45 heavy (non-hydrogen) atoms. The van der Waals surface area contributed by atoms with Crippen molar-refractivity contribution in [1.29, 1.82) is 0 Å². The number of aromatic nitrogens is 2. The lowest BCUT2D eigenvalue weighted by atomic mass is 9.86. The SMILES string of the molecule is CCCCCCCCCCCCOC(=O)c1ccc(Cl)c(NC(=O)C(C(=O)C(C)(C)C)n2ncc3cc(OS(C)=O)ccc32)c1. The topological polar surface area (TPSA) is 117 Å². The molecule has 0 aliphatic rings. The number of unbranched alkanes of at least 4 members (excludes halogenated alkanes) is 9. The second-order valence-corrected chi connectivity index (χ2v) is 13.7. The molecule has 246 valence electrons. The van der Waals surface area contributed by atoms with Crippen LogP contribution in [0.15, 0.2) is 42.6 Å². The first kappa shape index (κ1) is 36.2. The van der Waals surface area contributed by atoms with Gasteiger partial charge in [-0.15, -0.1) is 0 Å². The van der Waals surface area contributed by atoms with E-state index in [2.05, 4.69) is 17.3 Å². The van der Waals surface area contributed by atoms with Gasteiger partial charge in [0.1, 0.15) is 5.75 Å². The van der Waals surface area contributed by atoms with Crippen molar-refractivity contribution in [3.63, 3.8) is 0 Å². The Balaban J connectivity index is 1.66. The van der Waals surface area contributed by atoms with E-state index in [1.807, 2.05) is 0 Å². The number of rotatable bonds is 18. The highest BCUT2D eigenvalue weighted by molar-refractivity contribution is 7.79. The van der Waals surface area contributed by atoms with Gasteiger partial charge in [-0.2, -0.15) is 5.10 Å². The molecule has 11 heteroatoms. The summed E-state index contributed by atoms with van der Waals surface area (Å²) >= 11 is 4.89. The molecule has 3 rings (SSSR count). The van der Waals surface area contributed by atoms with Crippen LogP contribution in [0.1, 0.15) is 108 Å². The summed E-state index contributed by atoms with van der Waals surface area (Å²) in [7, 11) is 0. The number of halogens is 1. The number of carbonyl (C=O) groups excluding carboxylic acids is 3. The lowest BCUT2D eigenvalue weighted by Gasteiger charge is -2.25. The van der Waals surface area contributed by atoms with Crippen LogP contribution in [0.3, 0.4) is 0 Å². The van der Waals surface area contributed by atoms with Crippen LogP contribution in [-0.4, -0.2) is 44.5 Å². The van der Waals surface area contributed by atoms with Gasteiger partial charge in [-0.05, 0) is 42.8 Å². The first-order valence-corrected chi connectivity index (χ1v) is 17.6. The number of nitrogens with one attached hydrogen (secondary N) is 1.